The van der Waals surface area contributed by atoms with Gasteiger partial charge in [0.1, 0.15) is 5.71 Å². The van der Waals surface area contributed by atoms with E-state index in [0.29, 0.717) is 31.5 Å². The predicted molar refractivity (Wildman–Crippen MR) is 113 cm³/mol. The standard InChI is InChI=1S/C22H30N4O2/c1-16-11-17(5-4-10-25-18-7-8-18)6-9-19(16)20(26-23)12-24-13-21-27-14-22(2,3)15-28-21/h6,9,11-12,18,21,25H,7-8,10,13-15,23H2,1-3H3/b24-12?,26-20+. The molecule has 2 fully saturated rings. The van der Waals surface area contributed by atoms with Crippen LogP contribution in [0, 0.1) is 24.2 Å². The van der Waals surface area contributed by atoms with Gasteiger partial charge in [0.05, 0.1) is 26.3 Å². The Morgan fingerprint density at radius 3 is 2.71 bits per heavy atom. The van der Waals surface area contributed by atoms with Gasteiger partial charge in [0.25, 0.3) is 0 Å². The third-order valence-corrected chi connectivity index (χ3v) is 4.72. The van der Waals surface area contributed by atoms with E-state index in [1.165, 1.54) is 12.8 Å². The van der Waals surface area contributed by atoms with Crippen LogP contribution in [0.25, 0.3) is 0 Å². The normalized spacial score (nSPS) is 20.2. The number of hydrogen-bond acceptors (Lipinski definition) is 6. The number of ether oxygens (including phenoxy) is 2. The Balaban J connectivity index is 1.55. The van der Waals surface area contributed by atoms with Gasteiger partial charge >= 0.3 is 0 Å². The van der Waals surface area contributed by atoms with Gasteiger partial charge in [-0.3, -0.25) is 4.99 Å². The van der Waals surface area contributed by atoms with E-state index in [1.54, 1.807) is 6.21 Å². The van der Waals surface area contributed by atoms with Gasteiger partial charge in [0.15, 0.2) is 6.29 Å². The van der Waals surface area contributed by atoms with Gasteiger partial charge in [0, 0.05) is 28.8 Å². The Labute approximate surface area is 167 Å². The van der Waals surface area contributed by atoms with Crippen LogP contribution in [0.1, 0.15) is 43.4 Å². The zero-order chi connectivity index (χ0) is 20.0. The smallest absolute Gasteiger partial charge is 0.176 e. The summed E-state index contributed by atoms with van der Waals surface area (Å²) in [6, 6.07) is 6.70. The first-order valence-electron chi connectivity index (χ1n) is 9.81. The van der Waals surface area contributed by atoms with Gasteiger partial charge in [-0.15, -0.1) is 0 Å². The first kappa shape index (κ1) is 20.5. The quantitative estimate of drug-likeness (QED) is 0.342. The average Bonchev–Trinajstić information content (AvgIpc) is 3.49. The van der Waals surface area contributed by atoms with E-state index < -0.39 is 0 Å². The molecule has 0 amide bonds. The molecule has 0 aromatic heterocycles. The Morgan fingerprint density at radius 2 is 2.07 bits per heavy atom. The fraction of sp³-hybridized carbons (Fsp3) is 0.545. The van der Waals surface area contributed by atoms with E-state index >= 15 is 0 Å². The molecule has 0 spiro atoms. The molecule has 150 valence electrons. The van der Waals surface area contributed by atoms with Crippen LogP contribution >= 0.6 is 0 Å². The largest absolute Gasteiger partial charge is 0.350 e. The highest BCUT2D eigenvalue weighted by molar-refractivity contribution is 6.38. The first-order valence-corrected chi connectivity index (χ1v) is 9.81. The minimum atomic E-state index is -0.314. The molecule has 28 heavy (non-hydrogen) atoms. The van der Waals surface area contributed by atoms with Crippen molar-refractivity contribution in [1.29, 1.82) is 0 Å². The molecule has 0 unspecified atom stereocenters. The molecule has 1 saturated heterocycles. The van der Waals surface area contributed by atoms with E-state index in [2.05, 4.69) is 41.1 Å². The lowest BCUT2D eigenvalue weighted by Gasteiger charge is -2.33. The molecule has 1 aromatic carbocycles. The monoisotopic (exact) mass is 382 g/mol. The summed E-state index contributed by atoms with van der Waals surface area (Å²) in [4.78, 5) is 4.41. The zero-order valence-electron chi connectivity index (χ0n) is 17.0. The molecule has 3 N–H and O–H groups in total. The summed E-state index contributed by atoms with van der Waals surface area (Å²) in [6.45, 7) is 8.75. The van der Waals surface area contributed by atoms with E-state index in [0.717, 1.165) is 23.2 Å². The second-order valence-electron chi connectivity index (χ2n) is 8.21. The topological polar surface area (TPSA) is 81.2 Å². The van der Waals surface area contributed by atoms with Gasteiger partial charge in [-0.25, -0.2) is 0 Å². The van der Waals surface area contributed by atoms with E-state index in [1.807, 2.05) is 25.1 Å². The SMILES string of the molecule is Cc1cc(C#CCNC2CC2)ccc1/C(C=NCC1OCC(C)(C)CO1)=N/N. The Bertz CT molecular complexity index is 790. The van der Waals surface area contributed by atoms with Crippen molar-refractivity contribution in [3.8, 4) is 11.8 Å². The summed E-state index contributed by atoms with van der Waals surface area (Å²) in [6.07, 6.45) is 3.91. The molecule has 0 atom stereocenters. The number of hydrazone groups is 1. The van der Waals surface area contributed by atoms with Crippen LogP contribution in [-0.2, 0) is 9.47 Å². The maximum Gasteiger partial charge on any atom is 0.176 e. The summed E-state index contributed by atoms with van der Waals surface area (Å²) in [5, 5.41) is 7.28. The highest BCUT2D eigenvalue weighted by atomic mass is 16.7. The summed E-state index contributed by atoms with van der Waals surface area (Å²) in [5.41, 5.74) is 3.67. The van der Waals surface area contributed by atoms with Crippen LogP contribution in [0.3, 0.4) is 0 Å². The van der Waals surface area contributed by atoms with Gasteiger partial charge in [-0.05, 0) is 37.5 Å². The van der Waals surface area contributed by atoms with E-state index in [4.69, 9.17) is 15.3 Å². The second-order valence-corrected chi connectivity index (χ2v) is 8.21. The van der Waals surface area contributed by atoms with Crippen molar-refractivity contribution >= 4 is 11.9 Å². The molecule has 1 aliphatic carbocycles. The van der Waals surface area contributed by atoms with Crippen molar-refractivity contribution in [3.05, 3.63) is 34.9 Å². The maximum absolute atomic E-state index is 5.69. The summed E-state index contributed by atoms with van der Waals surface area (Å²) in [7, 11) is 0. The van der Waals surface area contributed by atoms with Gasteiger partial charge in [-0.2, -0.15) is 5.10 Å². The summed E-state index contributed by atoms with van der Waals surface area (Å²) < 4.78 is 11.4. The first-order chi connectivity index (χ1) is 13.5. The number of nitrogens with one attached hydrogen (secondary N) is 1. The lowest BCUT2D eigenvalue weighted by atomic mass is 9.96. The molecular weight excluding hydrogens is 352 g/mol. The Kier molecular flexibility index (Phi) is 6.84. The predicted octanol–water partition coefficient (Wildman–Crippen LogP) is 2.23. The number of aryl methyl sites for hydroxylation is 1. The fourth-order valence-corrected chi connectivity index (χ4v) is 2.89. The van der Waals surface area contributed by atoms with Crippen LogP contribution in [0.2, 0.25) is 0 Å². The lowest BCUT2D eigenvalue weighted by molar-refractivity contribution is -0.215. The molecule has 1 aromatic rings. The number of nitrogens with two attached hydrogens (primary N) is 1. The number of aliphatic imine (C=N–C) groups is 1. The van der Waals surface area contributed by atoms with Crippen LogP contribution in [0.4, 0.5) is 0 Å². The molecule has 3 rings (SSSR count). The van der Waals surface area contributed by atoms with Crippen molar-refractivity contribution in [2.75, 3.05) is 26.3 Å². The molecule has 6 nitrogen and oxygen atoms in total. The number of nitrogens with zero attached hydrogens (tertiary/aromatic N) is 2. The van der Waals surface area contributed by atoms with Crippen LogP contribution in [-0.4, -0.2) is 50.6 Å². The van der Waals surface area contributed by atoms with Crippen molar-refractivity contribution < 1.29 is 9.47 Å². The zero-order valence-corrected chi connectivity index (χ0v) is 17.0. The molecule has 1 heterocycles. The molecule has 0 radical (unpaired) electrons. The molecule has 1 aliphatic heterocycles. The third-order valence-electron chi connectivity index (χ3n) is 4.72. The Hall–Kier alpha value is -2.20. The molecule has 1 saturated carbocycles. The number of rotatable bonds is 6. The highest BCUT2D eigenvalue weighted by Gasteiger charge is 2.27. The maximum atomic E-state index is 5.69. The average molecular weight is 383 g/mol. The van der Waals surface area contributed by atoms with Gasteiger partial charge in [-0.1, -0.05) is 31.8 Å². The van der Waals surface area contributed by atoms with E-state index in [9.17, 15) is 0 Å². The van der Waals surface area contributed by atoms with Crippen LogP contribution in [0.15, 0.2) is 28.3 Å². The fourth-order valence-electron chi connectivity index (χ4n) is 2.89. The van der Waals surface area contributed by atoms with Crippen molar-refractivity contribution in [1.82, 2.24) is 5.32 Å². The third kappa shape index (κ3) is 6.16. The summed E-state index contributed by atoms with van der Waals surface area (Å²) in [5.74, 6) is 12.0. The van der Waals surface area contributed by atoms with Crippen LogP contribution < -0.4 is 11.2 Å². The molecule has 2 aliphatic rings. The minimum Gasteiger partial charge on any atom is -0.350 e. The van der Waals surface area contributed by atoms with Crippen molar-refractivity contribution in [2.45, 2.75) is 45.9 Å². The molecule has 6 heteroatoms. The lowest BCUT2D eigenvalue weighted by Crippen LogP contribution is -2.39. The Morgan fingerprint density at radius 1 is 1.32 bits per heavy atom. The van der Waals surface area contributed by atoms with Crippen molar-refractivity contribution in [2.24, 2.45) is 21.4 Å². The minimum absolute atomic E-state index is 0.0554. The number of benzene rings is 1. The van der Waals surface area contributed by atoms with Crippen molar-refractivity contribution in [3.63, 3.8) is 0 Å². The highest BCUT2D eigenvalue weighted by Crippen LogP contribution is 2.22. The van der Waals surface area contributed by atoms with E-state index in [-0.39, 0.29) is 11.7 Å². The number of hydrogen-bond donors (Lipinski definition) is 2. The van der Waals surface area contributed by atoms with Gasteiger partial charge < -0.3 is 20.6 Å². The summed E-state index contributed by atoms with van der Waals surface area (Å²) >= 11 is 0. The second kappa shape index (κ2) is 9.33. The van der Waals surface area contributed by atoms with Gasteiger partial charge in [0.2, 0.25) is 0 Å². The van der Waals surface area contributed by atoms with Crippen LogP contribution in [0.5, 0.6) is 0 Å². The molecular formula is C22H30N4O2. The molecule has 0 bridgehead atoms.